The third-order valence-electron chi connectivity index (χ3n) is 3.11. The Kier molecular flexibility index (Phi) is 3.76. The molecular formula is C13H17NO3. The van der Waals surface area contributed by atoms with Crippen molar-refractivity contribution >= 4 is 5.97 Å². The van der Waals surface area contributed by atoms with Crippen molar-refractivity contribution in [1.82, 2.24) is 0 Å². The maximum absolute atomic E-state index is 10.7. The maximum atomic E-state index is 10.7. The molecule has 2 unspecified atom stereocenters. The van der Waals surface area contributed by atoms with Crippen LogP contribution in [0.25, 0.3) is 0 Å². The molecule has 92 valence electrons. The molecule has 0 saturated heterocycles. The Morgan fingerprint density at radius 1 is 1.35 bits per heavy atom. The SMILES string of the molecule is NC1CCC(OCc2ccc(C(=O)O)cc2)C1. The molecule has 4 heteroatoms. The molecule has 2 rings (SSSR count). The van der Waals surface area contributed by atoms with Gasteiger partial charge in [0.2, 0.25) is 0 Å². The highest BCUT2D eigenvalue weighted by Crippen LogP contribution is 2.21. The fourth-order valence-corrected chi connectivity index (χ4v) is 2.08. The molecule has 3 N–H and O–H groups in total. The lowest BCUT2D eigenvalue weighted by atomic mass is 10.1. The molecule has 1 aliphatic rings. The van der Waals surface area contributed by atoms with Crippen LogP contribution in [0.1, 0.15) is 35.2 Å². The molecule has 0 spiro atoms. The highest BCUT2D eigenvalue weighted by Gasteiger charge is 2.21. The summed E-state index contributed by atoms with van der Waals surface area (Å²) < 4.78 is 5.73. The van der Waals surface area contributed by atoms with Crippen LogP contribution in [0.2, 0.25) is 0 Å². The highest BCUT2D eigenvalue weighted by atomic mass is 16.5. The summed E-state index contributed by atoms with van der Waals surface area (Å²) in [6, 6.07) is 7.05. The van der Waals surface area contributed by atoms with Crippen molar-refractivity contribution < 1.29 is 14.6 Å². The number of rotatable bonds is 4. The first-order chi connectivity index (χ1) is 8.15. The van der Waals surface area contributed by atoms with Crippen molar-refractivity contribution in [3.05, 3.63) is 35.4 Å². The Labute approximate surface area is 100 Å². The first-order valence-electron chi connectivity index (χ1n) is 5.84. The van der Waals surface area contributed by atoms with Gasteiger partial charge in [-0.15, -0.1) is 0 Å². The van der Waals surface area contributed by atoms with Crippen LogP contribution in [0.4, 0.5) is 0 Å². The molecule has 1 saturated carbocycles. The van der Waals surface area contributed by atoms with E-state index < -0.39 is 5.97 Å². The molecule has 17 heavy (non-hydrogen) atoms. The van der Waals surface area contributed by atoms with E-state index in [1.165, 1.54) is 0 Å². The molecule has 1 aliphatic carbocycles. The molecule has 0 heterocycles. The van der Waals surface area contributed by atoms with E-state index in [1.807, 2.05) is 0 Å². The molecule has 0 bridgehead atoms. The van der Waals surface area contributed by atoms with Gasteiger partial charge in [0.05, 0.1) is 18.3 Å². The fourth-order valence-electron chi connectivity index (χ4n) is 2.08. The van der Waals surface area contributed by atoms with Gasteiger partial charge in [0.25, 0.3) is 0 Å². The Morgan fingerprint density at radius 2 is 2.06 bits per heavy atom. The molecular weight excluding hydrogens is 218 g/mol. The number of benzene rings is 1. The van der Waals surface area contributed by atoms with Gasteiger partial charge in [-0.1, -0.05) is 12.1 Å². The van der Waals surface area contributed by atoms with Gasteiger partial charge in [0.15, 0.2) is 0 Å². The summed E-state index contributed by atoms with van der Waals surface area (Å²) in [5, 5.41) is 8.76. The zero-order valence-electron chi connectivity index (χ0n) is 9.63. The summed E-state index contributed by atoms with van der Waals surface area (Å²) in [5.74, 6) is -0.903. The Morgan fingerprint density at radius 3 is 2.59 bits per heavy atom. The minimum Gasteiger partial charge on any atom is -0.478 e. The number of carboxylic acids is 1. The van der Waals surface area contributed by atoms with Gasteiger partial charge in [-0.05, 0) is 37.0 Å². The Bertz CT molecular complexity index is 388. The minimum absolute atomic E-state index is 0.254. The third kappa shape index (κ3) is 3.28. The molecule has 0 radical (unpaired) electrons. The van der Waals surface area contributed by atoms with Crippen LogP contribution in [0.5, 0.6) is 0 Å². The number of carboxylic acid groups (broad SMARTS) is 1. The van der Waals surface area contributed by atoms with Gasteiger partial charge in [-0.3, -0.25) is 0 Å². The number of ether oxygens (including phenoxy) is 1. The van der Waals surface area contributed by atoms with E-state index in [4.69, 9.17) is 15.6 Å². The molecule has 0 aromatic heterocycles. The van der Waals surface area contributed by atoms with Crippen molar-refractivity contribution in [2.75, 3.05) is 0 Å². The third-order valence-corrected chi connectivity index (χ3v) is 3.11. The van der Waals surface area contributed by atoms with E-state index in [1.54, 1.807) is 24.3 Å². The van der Waals surface area contributed by atoms with Crippen LogP contribution < -0.4 is 5.73 Å². The van der Waals surface area contributed by atoms with Gasteiger partial charge in [-0.25, -0.2) is 4.79 Å². The predicted octanol–water partition coefficient (Wildman–Crippen LogP) is 1.78. The van der Waals surface area contributed by atoms with E-state index in [0.29, 0.717) is 12.2 Å². The second-order valence-electron chi connectivity index (χ2n) is 4.51. The first-order valence-corrected chi connectivity index (χ1v) is 5.84. The molecule has 2 atom stereocenters. The molecule has 0 amide bonds. The quantitative estimate of drug-likeness (QED) is 0.834. The molecule has 4 nitrogen and oxygen atoms in total. The number of hydrogen-bond acceptors (Lipinski definition) is 3. The van der Waals surface area contributed by atoms with Crippen LogP contribution >= 0.6 is 0 Å². The zero-order valence-corrected chi connectivity index (χ0v) is 9.63. The Hall–Kier alpha value is -1.39. The summed E-state index contributed by atoms with van der Waals surface area (Å²) in [7, 11) is 0. The van der Waals surface area contributed by atoms with Gasteiger partial charge >= 0.3 is 5.97 Å². The lowest BCUT2D eigenvalue weighted by Gasteiger charge is -2.11. The molecule has 1 aromatic carbocycles. The monoisotopic (exact) mass is 235 g/mol. The summed E-state index contributed by atoms with van der Waals surface area (Å²) in [6.07, 6.45) is 3.23. The van der Waals surface area contributed by atoms with Crippen LogP contribution in [0.15, 0.2) is 24.3 Å². The van der Waals surface area contributed by atoms with Crippen LogP contribution in [0.3, 0.4) is 0 Å². The highest BCUT2D eigenvalue weighted by molar-refractivity contribution is 5.87. The van der Waals surface area contributed by atoms with E-state index in [0.717, 1.165) is 24.8 Å². The molecule has 1 aromatic rings. The predicted molar refractivity (Wildman–Crippen MR) is 63.8 cm³/mol. The Balaban J connectivity index is 1.85. The van der Waals surface area contributed by atoms with Gasteiger partial charge in [0.1, 0.15) is 0 Å². The number of carbonyl (C=O) groups is 1. The van der Waals surface area contributed by atoms with Crippen molar-refractivity contribution in [2.45, 2.75) is 38.0 Å². The standard InChI is InChI=1S/C13H17NO3/c14-11-5-6-12(7-11)17-8-9-1-3-10(4-2-9)13(15)16/h1-4,11-12H,5-8,14H2,(H,15,16). The lowest BCUT2D eigenvalue weighted by molar-refractivity contribution is 0.0448. The normalized spacial score (nSPS) is 23.8. The molecule has 0 aliphatic heterocycles. The van der Waals surface area contributed by atoms with Gasteiger partial charge < -0.3 is 15.6 Å². The summed E-state index contributed by atoms with van der Waals surface area (Å²) >= 11 is 0. The van der Waals surface area contributed by atoms with E-state index in [2.05, 4.69) is 0 Å². The average Bonchev–Trinajstić information content (AvgIpc) is 2.73. The number of nitrogens with two attached hydrogens (primary N) is 1. The minimum atomic E-state index is -0.903. The van der Waals surface area contributed by atoms with Crippen LogP contribution in [-0.4, -0.2) is 23.2 Å². The summed E-state index contributed by atoms with van der Waals surface area (Å²) in [4.78, 5) is 10.7. The number of aromatic carboxylic acids is 1. The smallest absolute Gasteiger partial charge is 0.335 e. The van der Waals surface area contributed by atoms with Crippen molar-refractivity contribution in [1.29, 1.82) is 0 Å². The topological polar surface area (TPSA) is 72.5 Å². The molecule has 1 fully saturated rings. The maximum Gasteiger partial charge on any atom is 0.335 e. The first kappa shape index (κ1) is 12.1. The lowest BCUT2D eigenvalue weighted by Crippen LogP contribution is -2.17. The zero-order chi connectivity index (χ0) is 12.3. The van der Waals surface area contributed by atoms with Crippen LogP contribution in [0, 0.1) is 0 Å². The largest absolute Gasteiger partial charge is 0.478 e. The van der Waals surface area contributed by atoms with Gasteiger partial charge in [-0.2, -0.15) is 0 Å². The fraction of sp³-hybridized carbons (Fsp3) is 0.462. The van der Waals surface area contributed by atoms with E-state index in [9.17, 15) is 4.79 Å². The number of hydrogen-bond donors (Lipinski definition) is 2. The van der Waals surface area contributed by atoms with Crippen molar-refractivity contribution in [3.8, 4) is 0 Å². The second kappa shape index (κ2) is 5.29. The van der Waals surface area contributed by atoms with Crippen molar-refractivity contribution in [2.24, 2.45) is 5.73 Å². The van der Waals surface area contributed by atoms with Crippen molar-refractivity contribution in [3.63, 3.8) is 0 Å². The van der Waals surface area contributed by atoms with Gasteiger partial charge in [0, 0.05) is 6.04 Å². The second-order valence-corrected chi connectivity index (χ2v) is 4.51. The summed E-state index contributed by atoms with van der Waals surface area (Å²) in [5.41, 5.74) is 7.10. The van der Waals surface area contributed by atoms with Crippen LogP contribution in [-0.2, 0) is 11.3 Å². The van der Waals surface area contributed by atoms with E-state index in [-0.39, 0.29) is 12.1 Å². The summed E-state index contributed by atoms with van der Waals surface area (Å²) in [6.45, 7) is 0.525. The van der Waals surface area contributed by atoms with E-state index >= 15 is 0 Å². The average molecular weight is 235 g/mol.